The lowest BCUT2D eigenvalue weighted by atomic mass is 10.1. The molecule has 3 aromatic carbocycles. The van der Waals surface area contributed by atoms with Gasteiger partial charge in [-0.05, 0) is 61.6 Å². The van der Waals surface area contributed by atoms with Gasteiger partial charge in [-0.2, -0.15) is 0 Å². The number of rotatable bonds is 10. The number of aryl methyl sites for hydroxylation is 3. The van der Waals surface area contributed by atoms with E-state index in [-0.39, 0.29) is 0 Å². The van der Waals surface area contributed by atoms with Crippen molar-refractivity contribution < 1.29 is 9.47 Å². The molecule has 0 aliphatic carbocycles. The molecular formula is C25H29NO2. The molecule has 0 fully saturated rings. The summed E-state index contributed by atoms with van der Waals surface area (Å²) in [6.45, 7) is 6.22. The van der Waals surface area contributed by atoms with Gasteiger partial charge in [-0.3, -0.25) is 0 Å². The van der Waals surface area contributed by atoms with Crippen molar-refractivity contribution in [2.24, 2.45) is 0 Å². The van der Waals surface area contributed by atoms with Crippen LogP contribution in [0.1, 0.15) is 23.1 Å². The molecule has 0 atom stereocenters. The van der Waals surface area contributed by atoms with Crippen molar-refractivity contribution in [2.75, 3.05) is 25.1 Å². The van der Waals surface area contributed by atoms with Crippen LogP contribution in [0.25, 0.3) is 0 Å². The summed E-state index contributed by atoms with van der Waals surface area (Å²) < 4.78 is 11.8. The highest BCUT2D eigenvalue weighted by Gasteiger charge is 2.01. The van der Waals surface area contributed by atoms with Gasteiger partial charge in [-0.15, -0.1) is 0 Å². The van der Waals surface area contributed by atoms with E-state index in [2.05, 4.69) is 67.7 Å². The molecule has 3 heteroatoms. The van der Waals surface area contributed by atoms with Crippen LogP contribution in [-0.2, 0) is 6.42 Å². The Hall–Kier alpha value is -2.94. The average molecular weight is 376 g/mol. The van der Waals surface area contributed by atoms with E-state index in [1.165, 1.54) is 11.1 Å². The number of ether oxygens (including phenoxy) is 2. The Balaban J connectivity index is 1.39. The molecule has 0 aliphatic rings. The summed E-state index contributed by atoms with van der Waals surface area (Å²) >= 11 is 0. The zero-order valence-corrected chi connectivity index (χ0v) is 16.8. The van der Waals surface area contributed by atoms with E-state index in [9.17, 15) is 0 Å². The molecule has 0 unspecified atom stereocenters. The maximum atomic E-state index is 5.90. The van der Waals surface area contributed by atoms with Gasteiger partial charge in [0.05, 0.1) is 6.61 Å². The van der Waals surface area contributed by atoms with Crippen LogP contribution in [0.3, 0.4) is 0 Å². The van der Waals surface area contributed by atoms with Crippen molar-refractivity contribution in [1.29, 1.82) is 0 Å². The van der Waals surface area contributed by atoms with E-state index in [0.29, 0.717) is 13.2 Å². The van der Waals surface area contributed by atoms with Gasteiger partial charge in [0.2, 0.25) is 0 Å². The molecule has 0 heterocycles. The second-order valence-electron chi connectivity index (χ2n) is 7.01. The van der Waals surface area contributed by atoms with E-state index in [1.54, 1.807) is 0 Å². The van der Waals surface area contributed by atoms with Gasteiger partial charge in [0.25, 0.3) is 0 Å². The first kappa shape index (κ1) is 19.8. The fourth-order valence-electron chi connectivity index (χ4n) is 3.03. The molecule has 0 saturated heterocycles. The van der Waals surface area contributed by atoms with Gasteiger partial charge in [0.1, 0.15) is 18.1 Å². The van der Waals surface area contributed by atoms with E-state index in [0.717, 1.165) is 42.1 Å². The molecule has 3 nitrogen and oxygen atoms in total. The van der Waals surface area contributed by atoms with Gasteiger partial charge >= 0.3 is 0 Å². The predicted octanol–water partition coefficient (Wildman–Crippen LogP) is 5.81. The third-order valence-electron chi connectivity index (χ3n) is 4.59. The van der Waals surface area contributed by atoms with Crippen LogP contribution in [0.4, 0.5) is 5.69 Å². The monoisotopic (exact) mass is 375 g/mol. The molecule has 3 aromatic rings. The van der Waals surface area contributed by atoms with E-state index < -0.39 is 0 Å². The first-order valence-corrected chi connectivity index (χ1v) is 9.91. The minimum absolute atomic E-state index is 0.618. The second kappa shape index (κ2) is 10.4. The van der Waals surface area contributed by atoms with Crippen LogP contribution in [0.15, 0.2) is 72.8 Å². The summed E-state index contributed by atoms with van der Waals surface area (Å²) in [5.41, 5.74) is 4.78. The van der Waals surface area contributed by atoms with Crippen molar-refractivity contribution >= 4 is 5.69 Å². The fraction of sp³-hybridized carbons (Fsp3) is 0.280. The van der Waals surface area contributed by atoms with Gasteiger partial charge in [0.15, 0.2) is 0 Å². The third-order valence-corrected chi connectivity index (χ3v) is 4.59. The van der Waals surface area contributed by atoms with Crippen molar-refractivity contribution in [3.05, 3.63) is 89.5 Å². The van der Waals surface area contributed by atoms with Gasteiger partial charge < -0.3 is 14.8 Å². The zero-order chi connectivity index (χ0) is 19.6. The topological polar surface area (TPSA) is 30.5 Å². The maximum absolute atomic E-state index is 5.90. The Morgan fingerprint density at radius 1 is 0.786 bits per heavy atom. The first-order chi connectivity index (χ1) is 13.7. The van der Waals surface area contributed by atoms with Crippen LogP contribution in [0, 0.1) is 13.8 Å². The Bertz CT molecular complexity index is 861. The molecule has 0 aromatic heterocycles. The molecule has 0 aliphatic heterocycles. The van der Waals surface area contributed by atoms with Gasteiger partial charge in [0, 0.05) is 18.3 Å². The quantitative estimate of drug-likeness (QED) is 0.454. The Labute approximate surface area is 168 Å². The first-order valence-electron chi connectivity index (χ1n) is 9.91. The molecule has 0 saturated carbocycles. The van der Waals surface area contributed by atoms with E-state index in [4.69, 9.17) is 9.47 Å². The summed E-state index contributed by atoms with van der Waals surface area (Å²) in [7, 11) is 0. The molecule has 28 heavy (non-hydrogen) atoms. The molecule has 0 amide bonds. The van der Waals surface area contributed by atoms with Crippen LogP contribution in [-0.4, -0.2) is 19.8 Å². The summed E-state index contributed by atoms with van der Waals surface area (Å²) in [6.07, 6.45) is 2.04. The fourth-order valence-corrected chi connectivity index (χ4v) is 3.03. The number of benzene rings is 3. The predicted molar refractivity (Wildman–Crippen MR) is 117 cm³/mol. The molecule has 1 N–H and O–H groups in total. The second-order valence-corrected chi connectivity index (χ2v) is 7.01. The third kappa shape index (κ3) is 6.34. The van der Waals surface area contributed by atoms with Gasteiger partial charge in [-0.1, -0.05) is 48.5 Å². The van der Waals surface area contributed by atoms with Crippen LogP contribution in [0.2, 0.25) is 0 Å². The SMILES string of the molecule is Cc1ccc(C)c(OCCNc2cccc(OCCCc3ccccc3)c2)c1. The molecule has 0 radical (unpaired) electrons. The summed E-state index contributed by atoms with van der Waals surface area (Å²) in [5, 5.41) is 3.40. The number of nitrogens with one attached hydrogen (secondary N) is 1. The highest BCUT2D eigenvalue weighted by Crippen LogP contribution is 2.20. The lowest BCUT2D eigenvalue weighted by Gasteiger charge is -2.12. The highest BCUT2D eigenvalue weighted by atomic mass is 16.5. The highest BCUT2D eigenvalue weighted by molar-refractivity contribution is 5.48. The Kier molecular flexibility index (Phi) is 7.36. The lowest BCUT2D eigenvalue weighted by molar-refractivity contribution is 0.311. The lowest BCUT2D eigenvalue weighted by Crippen LogP contribution is -2.12. The number of hydrogen-bond donors (Lipinski definition) is 1. The minimum atomic E-state index is 0.618. The summed E-state index contributed by atoms with van der Waals surface area (Å²) in [4.78, 5) is 0. The Morgan fingerprint density at radius 2 is 1.64 bits per heavy atom. The van der Waals surface area contributed by atoms with E-state index in [1.807, 2.05) is 24.3 Å². The van der Waals surface area contributed by atoms with Crippen molar-refractivity contribution in [3.63, 3.8) is 0 Å². The molecule has 0 bridgehead atoms. The van der Waals surface area contributed by atoms with Gasteiger partial charge in [-0.25, -0.2) is 0 Å². The smallest absolute Gasteiger partial charge is 0.122 e. The average Bonchev–Trinajstić information content (AvgIpc) is 2.72. The van der Waals surface area contributed by atoms with Crippen molar-refractivity contribution in [1.82, 2.24) is 0 Å². The van der Waals surface area contributed by atoms with Crippen LogP contribution >= 0.6 is 0 Å². The number of anilines is 1. The zero-order valence-electron chi connectivity index (χ0n) is 16.8. The standard InChI is InChI=1S/C25H29NO2/c1-20-13-14-21(2)25(18-20)28-17-15-26-23-11-6-12-24(19-23)27-16-7-10-22-8-4-3-5-9-22/h3-6,8-9,11-14,18-19,26H,7,10,15-17H2,1-2H3. The summed E-state index contributed by atoms with van der Waals surface area (Å²) in [5.74, 6) is 1.85. The minimum Gasteiger partial charge on any atom is -0.494 e. The molecule has 0 spiro atoms. The number of hydrogen-bond acceptors (Lipinski definition) is 3. The van der Waals surface area contributed by atoms with Crippen LogP contribution in [0.5, 0.6) is 11.5 Å². The largest absolute Gasteiger partial charge is 0.494 e. The molecule has 146 valence electrons. The van der Waals surface area contributed by atoms with Crippen LogP contribution < -0.4 is 14.8 Å². The maximum Gasteiger partial charge on any atom is 0.122 e. The van der Waals surface area contributed by atoms with Crippen molar-refractivity contribution in [2.45, 2.75) is 26.7 Å². The van der Waals surface area contributed by atoms with Crippen molar-refractivity contribution in [3.8, 4) is 11.5 Å². The molecular weight excluding hydrogens is 346 g/mol. The Morgan fingerprint density at radius 3 is 2.50 bits per heavy atom. The molecule has 3 rings (SSSR count). The van der Waals surface area contributed by atoms with E-state index >= 15 is 0 Å². The summed E-state index contributed by atoms with van der Waals surface area (Å²) in [6, 6.07) is 24.9. The normalized spacial score (nSPS) is 10.5.